The Hall–Kier alpha value is -2.94. The summed E-state index contributed by atoms with van der Waals surface area (Å²) in [5, 5.41) is 2.59. The van der Waals surface area contributed by atoms with E-state index in [2.05, 4.69) is 5.32 Å². The molecule has 2 aromatic carbocycles. The highest BCUT2D eigenvalue weighted by atomic mass is 32.2. The summed E-state index contributed by atoms with van der Waals surface area (Å²) in [6, 6.07) is 12.3. The van der Waals surface area contributed by atoms with E-state index in [4.69, 9.17) is 0 Å². The average molecular weight is 478 g/mol. The van der Waals surface area contributed by atoms with Crippen LogP contribution in [0.1, 0.15) is 37.3 Å². The summed E-state index contributed by atoms with van der Waals surface area (Å²) in [5.74, 6) is -0.939. The third-order valence-electron chi connectivity index (χ3n) is 5.43. The number of likely N-dealkylation sites (N-methyl/N-ethyl adjacent to an activating group) is 1. The number of amides is 2. The predicted molar refractivity (Wildman–Crippen MR) is 128 cm³/mol. The van der Waals surface area contributed by atoms with E-state index in [1.807, 2.05) is 26.0 Å². The summed E-state index contributed by atoms with van der Waals surface area (Å²) in [6.07, 6.45) is 1.89. The molecule has 0 fully saturated rings. The number of aryl methyl sites for hydroxylation is 1. The van der Waals surface area contributed by atoms with Gasteiger partial charge in [-0.1, -0.05) is 37.3 Å². The van der Waals surface area contributed by atoms with E-state index in [1.54, 1.807) is 24.3 Å². The number of carbonyl (C=O) groups excluding carboxylic acids is 2. The number of benzene rings is 2. The molecule has 1 N–H and O–H groups in total. The number of carbonyl (C=O) groups is 2. The Morgan fingerprint density at radius 3 is 2.27 bits per heavy atom. The van der Waals surface area contributed by atoms with Gasteiger partial charge >= 0.3 is 0 Å². The van der Waals surface area contributed by atoms with E-state index < -0.39 is 16.1 Å². The Morgan fingerprint density at radius 2 is 1.73 bits per heavy atom. The zero-order chi connectivity index (χ0) is 24.6. The first-order valence-corrected chi connectivity index (χ1v) is 12.7. The van der Waals surface area contributed by atoms with Crippen LogP contribution in [-0.2, 0) is 26.2 Å². The van der Waals surface area contributed by atoms with E-state index in [0.29, 0.717) is 17.7 Å². The van der Waals surface area contributed by atoms with Crippen LogP contribution in [0.15, 0.2) is 48.5 Å². The molecular formula is C24H32FN3O4S. The van der Waals surface area contributed by atoms with Gasteiger partial charge in [0.2, 0.25) is 21.8 Å². The van der Waals surface area contributed by atoms with Crippen molar-refractivity contribution in [2.45, 2.75) is 45.7 Å². The lowest BCUT2D eigenvalue weighted by atomic mass is 10.1. The zero-order valence-corrected chi connectivity index (χ0v) is 20.4. The number of halogens is 1. The van der Waals surface area contributed by atoms with Crippen molar-refractivity contribution in [2.75, 3.05) is 24.2 Å². The molecule has 0 radical (unpaired) electrons. The molecule has 33 heavy (non-hydrogen) atoms. The maximum absolute atomic E-state index is 13.3. The predicted octanol–water partition coefficient (Wildman–Crippen LogP) is 3.23. The monoisotopic (exact) mass is 477 g/mol. The smallest absolute Gasteiger partial charge is 0.242 e. The molecular weight excluding hydrogens is 445 g/mol. The molecule has 0 aliphatic carbocycles. The summed E-state index contributed by atoms with van der Waals surface area (Å²) in [5.41, 5.74) is 2.09. The summed E-state index contributed by atoms with van der Waals surface area (Å²) in [6.45, 7) is 3.93. The van der Waals surface area contributed by atoms with Crippen molar-refractivity contribution in [1.82, 2.24) is 10.2 Å². The molecule has 2 rings (SSSR count). The first-order valence-electron chi connectivity index (χ1n) is 10.9. The molecule has 0 saturated heterocycles. The quantitative estimate of drug-likeness (QED) is 0.538. The van der Waals surface area contributed by atoms with Crippen LogP contribution in [0.5, 0.6) is 0 Å². The lowest BCUT2D eigenvalue weighted by molar-refractivity contribution is -0.141. The first-order chi connectivity index (χ1) is 15.6. The molecule has 0 bridgehead atoms. The van der Waals surface area contributed by atoms with Gasteiger partial charge < -0.3 is 10.2 Å². The average Bonchev–Trinajstić information content (AvgIpc) is 2.77. The van der Waals surface area contributed by atoms with Crippen molar-refractivity contribution in [2.24, 2.45) is 0 Å². The van der Waals surface area contributed by atoms with Gasteiger partial charge in [0.1, 0.15) is 11.9 Å². The maximum atomic E-state index is 13.3. The van der Waals surface area contributed by atoms with Crippen molar-refractivity contribution < 1.29 is 22.4 Å². The summed E-state index contributed by atoms with van der Waals surface area (Å²) < 4.78 is 39.4. The second kappa shape index (κ2) is 11.8. The van der Waals surface area contributed by atoms with Crippen molar-refractivity contribution in [3.05, 3.63) is 65.5 Å². The standard InChI is InChI=1S/C24H32FN3O4S/c1-5-21(24(30)26-3)27(17-19-12-14-20(25)15-13-19)23(29)11-8-16-28(33(4,31)32)22-10-7-6-9-18(22)2/h6-7,9-10,12-15,21H,5,8,11,16-17H2,1-4H3,(H,26,30)/t21-/m0/s1. The first kappa shape index (κ1) is 26.3. The topological polar surface area (TPSA) is 86.8 Å². The van der Waals surface area contributed by atoms with Gasteiger partial charge in [0.15, 0.2) is 0 Å². The summed E-state index contributed by atoms with van der Waals surface area (Å²) >= 11 is 0. The number of sulfonamides is 1. The summed E-state index contributed by atoms with van der Waals surface area (Å²) in [7, 11) is -2.03. The van der Waals surface area contributed by atoms with Crippen LogP contribution < -0.4 is 9.62 Å². The van der Waals surface area contributed by atoms with E-state index in [0.717, 1.165) is 11.8 Å². The fourth-order valence-electron chi connectivity index (χ4n) is 3.70. The minimum absolute atomic E-state index is 0.0621. The SMILES string of the molecule is CC[C@@H](C(=O)NC)N(Cc1ccc(F)cc1)C(=O)CCCN(c1ccccc1C)S(C)(=O)=O. The van der Waals surface area contributed by atoms with Gasteiger partial charge in [0.25, 0.3) is 0 Å². The number of para-hydroxylation sites is 1. The van der Waals surface area contributed by atoms with Crippen LogP contribution in [0.4, 0.5) is 10.1 Å². The fraction of sp³-hybridized carbons (Fsp3) is 0.417. The van der Waals surface area contributed by atoms with Crippen molar-refractivity contribution >= 4 is 27.5 Å². The van der Waals surface area contributed by atoms with Crippen LogP contribution >= 0.6 is 0 Å². The molecule has 0 unspecified atom stereocenters. The van der Waals surface area contributed by atoms with E-state index in [1.165, 1.54) is 28.4 Å². The van der Waals surface area contributed by atoms with Crippen LogP contribution in [0.25, 0.3) is 0 Å². The second-order valence-electron chi connectivity index (χ2n) is 7.91. The third-order valence-corrected chi connectivity index (χ3v) is 6.61. The Kier molecular flexibility index (Phi) is 9.40. The Balaban J connectivity index is 2.19. The van der Waals surface area contributed by atoms with Crippen LogP contribution in [-0.4, -0.2) is 51.0 Å². The number of anilines is 1. The van der Waals surface area contributed by atoms with E-state index in [-0.39, 0.29) is 43.6 Å². The van der Waals surface area contributed by atoms with Crippen LogP contribution in [0, 0.1) is 12.7 Å². The molecule has 7 nitrogen and oxygen atoms in total. The van der Waals surface area contributed by atoms with Gasteiger partial charge in [-0.05, 0) is 49.1 Å². The number of hydrogen-bond acceptors (Lipinski definition) is 4. The van der Waals surface area contributed by atoms with Gasteiger partial charge in [-0.2, -0.15) is 0 Å². The Labute approximate surface area is 195 Å². The molecule has 0 aromatic heterocycles. The van der Waals surface area contributed by atoms with E-state index in [9.17, 15) is 22.4 Å². The minimum Gasteiger partial charge on any atom is -0.357 e. The van der Waals surface area contributed by atoms with Crippen LogP contribution in [0.2, 0.25) is 0 Å². The highest BCUT2D eigenvalue weighted by Crippen LogP contribution is 2.23. The van der Waals surface area contributed by atoms with Crippen LogP contribution in [0.3, 0.4) is 0 Å². The van der Waals surface area contributed by atoms with Crippen molar-refractivity contribution in [1.29, 1.82) is 0 Å². The molecule has 1 atom stereocenters. The molecule has 9 heteroatoms. The van der Waals surface area contributed by atoms with Crippen molar-refractivity contribution in [3.63, 3.8) is 0 Å². The minimum atomic E-state index is -3.54. The molecule has 0 aliphatic rings. The lowest BCUT2D eigenvalue weighted by Gasteiger charge is -2.31. The van der Waals surface area contributed by atoms with Crippen molar-refractivity contribution in [3.8, 4) is 0 Å². The van der Waals surface area contributed by atoms with Gasteiger partial charge in [-0.3, -0.25) is 13.9 Å². The number of hydrogen-bond donors (Lipinski definition) is 1. The highest BCUT2D eigenvalue weighted by Gasteiger charge is 2.28. The molecule has 180 valence electrons. The zero-order valence-electron chi connectivity index (χ0n) is 19.5. The van der Waals surface area contributed by atoms with Gasteiger partial charge in [-0.15, -0.1) is 0 Å². The maximum Gasteiger partial charge on any atom is 0.242 e. The Morgan fingerprint density at radius 1 is 1.09 bits per heavy atom. The third kappa shape index (κ3) is 7.28. The van der Waals surface area contributed by atoms with Gasteiger partial charge in [0.05, 0.1) is 11.9 Å². The molecule has 2 aromatic rings. The Bertz CT molecular complexity index is 1060. The molecule has 0 aliphatic heterocycles. The lowest BCUT2D eigenvalue weighted by Crippen LogP contribution is -2.48. The second-order valence-corrected chi connectivity index (χ2v) is 9.82. The van der Waals surface area contributed by atoms with Gasteiger partial charge in [0, 0.05) is 26.6 Å². The number of nitrogens with zero attached hydrogens (tertiary/aromatic N) is 2. The molecule has 0 spiro atoms. The largest absolute Gasteiger partial charge is 0.357 e. The van der Waals surface area contributed by atoms with Gasteiger partial charge in [-0.25, -0.2) is 12.8 Å². The normalized spacial score (nSPS) is 12.2. The highest BCUT2D eigenvalue weighted by molar-refractivity contribution is 7.92. The fourth-order valence-corrected chi connectivity index (χ4v) is 4.72. The number of nitrogens with one attached hydrogen (secondary N) is 1. The summed E-state index contributed by atoms with van der Waals surface area (Å²) in [4.78, 5) is 27.1. The molecule has 0 heterocycles. The molecule has 0 saturated carbocycles. The number of rotatable bonds is 11. The molecule has 2 amide bonds. The van der Waals surface area contributed by atoms with E-state index >= 15 is 0 Å².